The number of hydrogen-bond acceptors (Lipinski definition) is 3. The molecule has 0 unspecified atom stereocenters. The minimum atomic E-state index is -3.81. The van der Waals surface area contributed by atoms with Gasteiger partial charge in [-0.2, -0.15) is 0 Å². The Morgan fingerprint density at radius 3 is 2.53 bits per heavy atom. The van der Waals surface area contributed by atoms with Gasteiger partial charge in [0.15, 0.2) is 0 Å². The highest BCUT2D eigenvalue weighted by molar-refractivity contribution is 8.13. The molecule has 1 aliphatic rings. The molecule has 1 aromatic rings. The summed E-state index contributed by atoms with van der Waals surface area (Å²) in [7, 11) is 1.45. The van der Waals surface area contributed by atoms with Crippen LogP contribution in [0.15, 0.2) is 29.2 Å². The molecule has 4 nitrogen and oxygen atoms in total. The third-order valence-corrected chi connectivity index (χ3v) is 4.76. The van der Waals surface area contributed by atoms with Crippen LogP contribution in [0.5, 0.6) is 0 Å². The standard InChI is InChI=1S/C13H16ClNO3S/c1-13(2,10-6-7-10)15-12(16)9-4-3-5-11(8-9)19(14,17)18/h3-5,8,10H,6-7H2,1-2H3,(H,15,16). The molecule has 0 atom stereocenters. The van der Waals surface area contributed by atoms with Crippen LogP contribution in [0.1, 0.15) is 37.0 Å². The summed E-state index contributed by atoms with van der Waals surface area (Å²) in [6, 6.07) is 5.74. The number of amides is 1. The van der Waals surface area contributed by atoms with E-state index in [1.165, 1.54) is 18.2 Å². The first-order valence-corrected chi connectivity index (χ1v) is 8.38. The normalized spacial score (nSPS) is 16.2. The Morgan fingerprint density at radius 2 is 2.00 bits per heavy atom. The fourth-order valence-corrected chi connectivity index (χ4v) is 2.86. The topological polar surface area (TPSA) is 63.2 Å². The van der Waals surface area contributed by atoms with E-state index < -0.39 is 9.05 Å². The fourth-order valence-electron chi connectivity index (χ4n) is 2.06. The van der Waals surface area contributed by atoms with Gasteiger partial charge in [-0.3, -0.25) is 4.79 Å². The predicted molar refractivity (Wildman–Crippen MR) is 73.8 cm³/mol. The van der Waals surface area contributed by atoms with Gasteiger partial charge in [0, 0.05) is 21.8 Å². The Morgan fingerprint density at radius 1 is 1.37 bits per heavy atom. The number of rotatable bonds is 4. The van der Waals surface area contributed by atoms with Crippen LogP contribution < -0.4 is 5.32 Å². The largest absolute Gasteiger partial charge is 0.347 e. The summed E-state index contributed by atoms with van der Waals surface area (Å²) < 4.78 is 22.5. The van der Waals surface area contributed by atoms with Crippen molar-refractivity contribution in [2.45, 2.75) is 37.1 Å². The molecule has 0 heterocycles. The zero-order valence-electron chi connectivity index (χ0n) is 10.8. The van der Waals surface area contributed by atoms with Crippen LogP contribution in [0.4, 0.5) is 0 Å². The van der Waals surface area contributed by atoms with Crippen molar-refractivity contribution in [3.8, 4) is 0 Å². The van der Waals surface area contributed by atoms with Crippen molar-refractivity contribution in [1.29, 1.82) is 0 Å². The van der Waals surface area contributed by atoms with Gasteiger partial charge in [-0.05, 0) is 50.8 Å². The molecule has 1 amide bonds. The second-order valence-corrected chi connectivity index (χ2v) is 7.98. The third kappa shape index (κ3) is 3.48. The molecule has 0 saturated heterocycles. The van der Waals surface area contributed by atoms with Crippen LogP contribution >= 0.6 is 10.7 Å². The molecule has 19 heavy (non-hydrogen) atoms. The van der Waals surface area contributed by atoms with E-state index in [-0.39, 0.29) is 16.3 Å². The average Bonchev–Trinajstić information content (AvgIpc) is 3.11. The molecule has 1 N–H and O–H groups in total. The van der Waals surface area contributed by atoms with Crippen molar-refractivity contribution < 1.29 is 13.2 Å². The minimum Gasteiger partial charge on any atom is -0.347 e. The predicted octanol–water partition coefficient (Wildman–Crippen LogP) is 2.53. The summed E-state index contributed by atoms with van der Waals surface area (Å²) >= 11 is 0. The smallest absolute Gasteiger partial charge is 0.261 e. The Labute approximate surface area is 117 Å². The van der Waals surface area contributed by atoms with Crippen molar-refractivity contribution >= 4 is 25.6 Å². The summed E-state index contributed by atoms with van der Waals surface area (Å²) in [5.41, 5.74) is 0.0304. The molecule has 1 fully saturated rings. The number of benzene rings is 1. The van der Waals surface area contributed by atoms with Crippen LogP contribution in [0.3, 0.4) is 0 Å². The molecule has 0 bridgehead atoms. The van der Waals surface area contributed by atoms with E-state index in [2.05, 4.69) is 5.32 Å². The maximum atomic E-state index is 12.1. The van der Waals surface area contributed by atoms with Crippen molar-refractivity contribution in [3.63, 3.8) is 0 Å². The van der Waals surface area contributed by atoms with Crippen LogP contribution in [-0.4, -0.2) is 19.9 Å². The molecule has 0 aromatic heterocycles. The summed E-state index contributed by atoms with van der Waals surface area (Å²) in [6.45, 7) is 3.95. The van der Waals surface area contributed by atoms with E-state index in [1.807, 2.05) is 13.8 Å². The maximum absolute atomic E-state index is 12.1. The number of halogens is 1. The van der Waals surface area contributed by atoms with E-state index in [0.717, 1.165) is 12.8 Å². The molecular weight excluding hydrogens is 286 g/mol. The highest BCUT2D eigenvalue weighted by Gasteiger charge is 2.38. The van der Waals surface area contributed by atoms with Crippen LogP contribution in [0.2, 0.25) is 0 Å². The van der Waals surface area contributed by atoms with E-state index in [4.69, 9.17) is 10.7 Å². The molecule has 0 spiro atoms. The number of hydrogen-bond donors (Lipinski definition) is 1. The van der Waals surface area contributed by atoms with Crippen LogP contribution in [0.25, 0.3) is 0 Å². The number of carbonyl (C=O) groups excluding carboxylic acids is 1. The van der Waals surface area contributed by atoms with Crippen molar-refractivity contribution in [1.82, 2.24) is 5.32 Å². The first kappa shape index (κ1) is 14.3. The van der Waals surface area contributed by atoms with Crippen molar-refractivity contribution in [2.75, 3.05) is 0 Å². The maximum Gasteiger partial charge on any atom is 0.261 e. The van der Waals surface area contributed by atoms with Gasteiger partial charge < -0.3 is 5.32 Å². The average molecular weight is 302 g/mol. The quantitative estimate of drug-likeness (QED) is 0.869. The zero-order chi connectivity index (χ0) is 14.3. The van der Waals surface area contributed by atoms with Gasteiger partial charge in [0.25, 0.3) is 15.0 Å². The first-order chi connectivity index (χ1) is 8.70. The molecule has 1 saturated carbocycles. The van der Waals surface area contributed by atoms with Gasteiger partial charge >= 0.3 is 0 Å². The molecule has 1 aromatic carbocycles. The summed E-state index contributed by atoms with van der Waals surface area (Å²) in [6.07, 6.45) is 2.23. The summed E-state index contributed by atoms with van der Waals surface area (Å²) in [4.78, 5) is 12.1. The summed E-state index contributed by atoms with van der Waals surface area (Å²) in [5, 5.41) is 2.94. The van der Waals surface area contributed by atoms with Crippen LogP contribution in [-0.2, 0) is 9.05 Å². The van der Waals surface area contributed by atoms with Gasteiger partial charge in [-0.25, -0.2) is 8.42 Å². The highest BCUT2D eigenvalue weighted by Crippen LogP contribution is 2.39. The molecular formula is C13H16ClNO3S. The Balaban J connectivity index is 2.20. The lowest BCUT2D eigenvalue weighted by Crippen LogP contribution is -2.45. The van der Waals surface area contributed by atoms with Crippen molar-refractivity contribution in [3.05, 3.63) is 29.8 Å². The number of carbonyl (C=O) groups is 1. The monoisotopic (exact) mass is 301 g/mol. The molecule has 1 aliphatic carbocycles. The third-order valence-electron chi connectivity index (χ3n) is 3.41. The Kier molecular flexibility index (Phi) is 3.62. The van der Waals surface area contributed by atoms with Gasteiger partial charge in [-0.15, -0.1) is 0 Å². The van der Waals surface area contributed by atoms with E-state index >= 15 is 0 Å². The van der Waals surface area contributed by atoms with Gasteiger partial charge in [0.1, 0.15) is 0 Å². The van der Waals surface area contributed by atoms with E-state index in [9.17, 15) is 13.2 Å². The molecule has 0 radical (unpaired) electrons. The molecule has 0 aliphatic heterocycles. The lowest BCUT2D eigenvalue weighted by atomic mass is 9.98. The SMILES string of the molecule is CC(C)(NC(=O)c1cccc(S(=O)(=O)Cl)c1)C1CC1. The van der Waals surface area contributed by atoms with Crippen molar-refractivity contribution in [2.24, 2.45) is 5.92 Å². The van der Waals surface area contributed by atoms with Gasteiger partial charge in [-0.1, -0.05) is 6.07 Å². The zero-order valence-corrected chi connectivity index (χ0v) is 12.4. The second-order valence-electron chi connectivity index (χ2n) is 5.42. The fraction of sp³-hybridized carbons (Fsp3) is 0.462. The highest BCUT2D eigenvalue weighted by atomic mass is 35.7. The molecule has 2 rings (SSSR count). The first-order valence-electron chi connectivity index (χ1n) is 6.07. The minimum absolute atomic E-state index is 0.0638. The lowest BCUT2D eigenvalue weighted by Gasteiger charge is -2.26. The van der Waals surface area contributed by atoms with E-state index in [1.54, 1.807) is 6.07 Å². The summed E-state index contributed by atoms with van der Waals surface area (Å²) in [5.74, 6) is 0.218. The number of nitrogens with one attached hydrogen (secondary N) is 1. The Hall–Kier alpha value is -1.07. The second kappa shape index (κ2) is 4.80. The van der Waals surface area contributed by atoms with Gasteiger partial charge in [0.2, 0.25) is 0 Å². The Bertz CT molecular complexity index is 606. The van der Waals surface area contributed by atoms with Gasteiger partial charge in [0.05, 0.1) is 4.90 Å². The molecule has 6 heteroatoms. The lowest BCUT2D eigenvalue weighted by molar-refractivity contribution is 0.0903. The molecule has 104 valence electrons. The van der Waals surface area contributed by atoms with Crippen LogP contribution in [0, 0.1) is 5.92 Å². The van der Waals surface area contributed by atoms with E-state index in [0.29, 0.717) is 11.5 Å².